The number of piperazine rings is 1. The van der Waals surface area contributed by atoms with E-state index in [-0.39, 0.29) is 13.0 Å². The Balaban J connectivity index is 0.000000204. The molecule has 0 bridgehead atoms. The van der Waals surface area contributed by atoms with Crippen LogP contribution in [0.5, 0.6) is 11.5 Å². The van der Waals surface area contributed by atoms with E-state index in [4.69, 9.17) is 9.47 Å². The number of hydrogen-bond donors (Lipinski definition) is 0. The smallest absolute Gasteiger partial charge is 0.231 e. The van der Waals surface area contributed by atoms with Crippen molar-refractivity contribution in [2.75, 3.05) is 59.2 Å². The topological polar surface area (TPSA) is 31.4 Å². The normalized spacial score (nSPS) is 20.2. The summed E-state index contributed by atoms with van der Waals surface area (Å²) in [5, 5.41) is 0. The zero-order chi connectivity index (χ0) is 34.1. The van der Waals surface area contributed by atoms with Gasteiger partial charge in [-0.15, -0.1) is 0 Å². The Kier molecular flexibility index (Phi) is 15.3. The molecule has 48 heavy (non-hydrogen) atoms. The highest BCUT2D eigenvalue weighted by molar-refractivity contribution is 5.44. The second kappa shape index (κ2) is 18.2. The molecular weight excluding hydrogens is 592 g/mol. The molecule has 0 saturated carbocycles. The highest BCUT2D eigenvalue weighted by Crippen LogP contribution is 2.33. The molecule has 4 heterocycles. The summed E-state index contributed by atoms with van der Waals surface area (Å²) in [5.41, 5.74) is 3.84. The SMILES string of the molecule is C.CC(C)(C)N1CCC(Cc2ccccc2)CC1.CC(C)(C)N1CCCCC1.CC(C)(C)N1CCN(Cc2ccc3c(c2)OCO3)CC1. The second-order valence-electron chi connectivity index (χ2n) is 17.1. The van der Waals surface area contributed by atoms with Crippen molar-refractivity contribution in [1.82, 2.24) is 19.6 Å². The van der Waals surface area contributed by atoms with Crippen molar-refractivity contribution >= 4 is 0 Å². The van der Waals surface area contributed by atoms with Crippen molar-refractivity contribution < 1.29 is 9.47 Å². The Morgan fingerprint density at radius 1 is 0.562 bits per heavy atom. The van der Waals surface area contributed by atoms with Crippen LogP contribution in [0.15, 0.2) is 48.5 Å². The molecule has 3 fully saturated rings. The predicted octanol–water partition coefficient (Wildman–Crippen LogP) is 8.98. The average molecular weight is 665 g/mol. The second-order valence-corrected chi connectivity index (χ2v) is 17.1. The molecule has 272 valence electrons. The molecule has 4 aliphatic heterocycles. The molecule has 0 aliphatic carbocycles. The maximum atomic E-state index is 5.44. The van der Waals surface area contributed by atoms with Gasteiger partial charge in [-0.2, -0.15) is 0 Å². The van der Waals surface area contributed by atoms with Gasteiger partial charge in [0.2, 0.25) is 6.79 Å². The summed E-state index contributed by atoms with van der Waals surface area (Å²) in [5.74, 6) is 2.64. The third kappa shape index (κ3) is 13.0. The van der Waals surface area contributed by atoms with Crippen LogP contribution in [-0.2, 0) is 13.0 Å². The molecule has 0 amide bonds. The fourth-order valence-corrected chi connectivity index (χ4v) is 7.19. The minimum atomic E-state index is 0. The molecule has 3 saturated heterocycles. The van der Waals surface area contributed by atoms with Crippen LogP contribution in [0.4, 0.5) is 0 Å². The van der Waals surface area contributed by atoms with Gasteiger partial charge in [-0.25, -0.2) is 0 Å². The van der Waals surface area contributed by atoms with Gasteiger partial charge in [0.25, 0.3) is 0 Å². The third-order valence-electron chi connectivity index (χ3n) is 10.4. The Morgan fingerprint density at radius 2 is 1.08 bits per heavy atom. The first kappa shape index (κ1) is 40.3. The van der Waals surface area contributed by atoms with Gasteiger partial charge in [0.15, 0.2) is 11.5 Å². The van der Waals surface area contributed by atoms with E-state index >= 15 is 0 Å². The van der Waals surface area contributed by atoms with Crippen molar-refractivity contribution in [3.63, 3.8) is 0 Å². The molecular formula is C42H72N4O2. The van der Waals surface area contributed by atoms with Crippen LogP contribution >= 0.6 is 0 Å². The number of rotatable bonds is 4. The zero-order valence-electron chi connectivity index (χ0n) is 31.6. The van der Waals surface area contributed by atoms with Gasteiger partial charge >= 0.3 is 0 Å². The number of benzene rings is 2. The summed E-state index contributed by atoms with van der Waals surface area (Å²) in [6.07, 6.45) is 8.21. The summed E-state index contributed by atoms with van der Waals surface area (Å²) in [7, 11) is 0. The Morgan fingerprint density at radius 3 is 1.62 bits per heavy atom. The molecule has 4 aliphatic rings. The van der Waals surface area contributed by atoms with Crippen molar-refractivity contribution in [2.45, 2.75) is 131 Å². The monoisotopic (exact) mass is 665 g/mol. The minimum Gasteiger partial charge on any atom is -0.454 e. The maximum absolute atomic E-state index is 5.44. The number of nitrogens with zero attached hydrogens (tertiary/aromatic N) is 4. The number of piperidine rings is 2. The maximum Gasteiger partial charge on any atom is 0.231 e. The number of fused-ring (bicyclic) bond motifs is 1. The summed E-state index contributed by atoms with van der Waals surface area (Å²) < 4.78 is 10.8. The first-order valence-electron chi connectivity index (χ1n) is 18.6. The van der Waals surface area contributed by atoms with E-state index in [9.17, 15) is 0 Å². The average Bonchev–Trinajstić information content (AvgIpc) is 3.50. The molecule has 0 unspecified atom stereocenters. The summed E-state index contributed by atoms with van der Waals surface area (Å²) in [6, 6.07) is 17.2. The van der Waals surface area contributed by atoms with Crippen LogP contribution in [0.25, 0.3) is 0 Å². The molecule has 0 N–H and O–H groups in total. The fraction of sp³-hybridized carbons (Fsp3) is 0.714. The largest absolute Gasteiger partial charge is 0.454 e. The highest BCUT2D eigenvalue weighted by Gasteiger charge is 2.28. The van der Waals surface area contributed by atoms with E-state index < -0.39 is 0 Å². The Bertz CT molecular complexity index is 1170. The van der Waals surface area contributed by atoms with Gasteiger partial charge in [-0.05, 0) is 150 Å². The van der Waals surface area contributed by atoms with Crippen LogP contribution in [0, 0.1) is 5.92 Å². The van der Waals surface area contributed by atoms with Crippen molar-refractivity contribution in [1.29, 1.82) is 0 Å². The summed E-state index contributed by atoms with van der Waals surface area (Å²) >= 11 is 0. The van der Waals surface area contributed by atoms with E-state index in [0.29, 0.717) is 17.9 Å². The van der Waals surface area contributed by atoms with E-state index in [1.807, 2.05) is 6.07 Å². The molecule has 2 aromatic carbocycles. The summed E-state index contributed by atoms with van der Waals surface area (Å²) in [6.45, 7) is 31.8. The quantitative estimate of drug-likeness (QED) is 0.324. The van der Waals surface area contributed by atoms with E-state index in [0.717, 1.165) is 50.1 Å². The molecule has 6 nitrogen and oxygen atoms in total. The van der Waals surface area contributed by atoms with Gasteiger partial charge in [-0.1, -0.05) is 50.2 Å². The predicted molar refractivity (Wildman–Crippen MR) is 205 cm³/mol. The van der Waals surface area contributed by atoms with Crippen LogP contribution in [0.3, 0.4) is 0 Å². The highest BCUT2D eigenvalue weighted by atomic mass is 16.7. The van der Waals surface area contributed by atoms with Gasteiger partial charge in [0, 0.05) is 49.3 Å². The molecule has 0 aromatic heterocycles. The lowest BCUT2D eigenvalue weighted by Crippen LogP contribution is -2.53. The van der Waals surface area contributed by atoms with Gasteiger partial charge < -0.3 is 9.47 Å². The van der Waals surface area contributed by atoms with E-state index in [2.05, 4.69) is 124 Å². The third-order valence-corrected chi connectivity index (χ3v) is 10.4. The lowest BCUT2D eigenvalue weighted by molar-refractivity contribution is 0.0591. The van der Waals surface area contributed by atoms with E-state index in [1.54, 1.807) is 0 Å². The fourth-order valence-electron chi connectivity index (χ4n) is 7.19. The molecule has 6 rings (SSSR count). The number of likely N-dealkylation sites (tertiary alicyclic amines) is 2. The van der Waals surface area contributed by atoms with Crippen LogP contribution < -0.4 is 9.47 Å². The lowest BCUT2D eigenvalue weighted by Gasteiger charge is -2.42. The number of ether oxygens (including phenoxy) is 2. The van der Waals surface area contributed by atoms with Gasteiger partial charge in [-0.3, -0.25) is 19.6 Å². The number of hydrogen-bond acceptors (Lipinski definition) is 6. The van der Waals surface area contributed by atoms with E-state index in [1.165, 1.54) is 75.8 Å². The Labute approximate surface area is 296 Å². The summed E-state index contributed by atoms with van der Waals surface area (Å²) in [4.78, 5) is 10.3. The first-order chi connectivity index (χ1) is 22.2. The van der Waals surface area contributed by atoms with Crippen molar-refractivity contribution in [2.24, 2.45) is 5.92 Å². The van der Waals surface area contributed by atoms with Crippen LogP contribution in [0.2, 0.25) is 0 Å². The zero-order valence-corrected chi connectivity index (χ0v) is 31.6. The van der Waals surface area contributed by atoms with Crippen molar-refractivity contribution in [3.8, 4) is 11.5 Å². The molecule has 0 spiro atoms. The molecule has 0 atom stereocenters. The minimum absolute atomic E-state index is 0. The standard InChI is InChI=1S/C16H24N2O2.C16H25N.C9H19N.CH4/c1-16(2,3)18-8-6-17(7-9-18)11-13-4-5-14-15(10-13)20-12-19-14;1-16(2,3)17-11-9-15(10-12-17)13-14-7-5-4-6-8-14;1-9(2,3)10-7-5-4-6-8-10;/h4-5,10H,6-9,11-12H2,1-3H3;4-8,15H,9-13H2,1-3H3;4-8H2,1-3H3;1H4. The van der Waals surface area contributed by atoms with Crippen molar-refractivity contribution in [3.05, 3.63) is 59.7 Å². The van der Waals surface area contributed by atoms with Gasteiger partial charge in [0.05, 0.1) is 0 Å². The van der Waals surface area contributed by atoms with Crippen LogP contribution in [0.1, 0.15) is 113 Å². The Hall–Kier alpha value is -2.12. The first-order valence-corrected chi connectivity index (χ1v) is 18.6. The molecule has 0 radical (unpaired) electrons. The lowest BCUT2D eigenvalue weighted by atomic mass is 9.88. The van der Waals surface area contributed by atoms with Gasteiger partial charge in [0.1, 0.15) is 0 Å². The van der Waals surface area contributed by atoms with Crippen LogP contribution in [-0.4, -0.2) is 95.4 Å². The molecule has 6 heteroatoms. The molecule has 2 aromatic rings.